The third kappa shape index (κ3) is 2.03. The zero-order valence-corrected chi connectivity index (χ0v) is 8.61. The lowest BCUT2D eigenvalue weighted by Gasteiger charge is -2.11. The molecule has 0 saturated heterocycles. The Morgan fingerprint density at radius 3 is 2.80 bits per heavy atom. The first-order valence-corrected chi connectivity index (χ1v) is 5.24. The fraction of sp³-hybridized carbons (Fsp3) is 0.385. The zero-order valence-electron chi connectivity index (χ0n) is 8.61. The second-order valence-corrected chi connectivity index (χ2v) is 4.11. The van der Waals surface area contributed by atoms with E-state index >= 15 is 0 Å². The molecule has 1 unspecified atom stereocenters. The molecule has 1 aliphatic carbocycles. The van der Waals surface area contributed by atoms with Crippen molar-refractivity contribution in [3.8, 4) is 6.07 Å². The van der Waals surface area contributed by atoms with Crippen molar-refractivity contribution in [1.82, 2.24) is 0 Å². The van der Waals surface area contributed by atoms with Crippen molar-refractivity contribution in [2.75, 3.05) is 6.61 Å². The van der Waals surface area contributed by atoms with Gasteiger partial charge >= 0.3 is 0 Å². The van der Waals surface area contributed by atoms with E-state index in [1.807, 2.05) is 18.2 Å². The molecule has 1 saturated carbocycles. The molecule has 1 fully saturated rings. The van der Waals surface area contributed by atoms with Gasteiger partial charge in [-0.15, -0.1) is 0 Å². The molecule has 0 spiro atoms. The first kappa shape index (κ1) is 10.2. The van der Waals surface area contributed by atoms with Gasteiger partial charge in [0.2, 0.25) is 0 Å². The lowest BCUT2D eigenvalue weighted by molar-refractivity contribution is 0.282. The summed E-state index contributed by atoms with van der Waals surface area (Å²) in [4.78, 5) is 0. The number of rotatable bonds is 3. The average Bonchev–Trinajstić information content (AvgIpc) is 3.11. The van der Waals surface area contributed by atoms with Crippen molar-refractivity contribution in [3.63, 3.8) is 0 Å². The van der Waals surface area contributed by atoms with Crippen LogP contribution in [-0.4, -0.2) is 11.7 Å². The second kappa shape index (κ2) is 4.04. The molecule has 1 aromatic carbocycles. The first-order chi connectivity index (χ1) is 7.26. The highest BCUT2D eigenvalue weighted by Crippen LogP contribution is 2.42. The van der Waals surface area contributed by atoms with Gasteiger partial charge in [0, 0.05) is 12.5 Å². The van der Waals surface area contributed by atoms with E-state index in [-0.39, 0.29) is 12.5 Å². The van der Waals surface area contributed by atoms with Gasteiger partial charge in [0.25, 0.3) is 0 Å². The monoisotopic (exact) mass is 200 g/mol. The van der Waals surface area contributed by atoms with Gasteiger partial charge < -0.3 is 5.11 Å². The van der Waals surface area contributed by atoms with Gasteiger partial charge in [-0.25, -0.2) is 0 Å². The van der Waals surface area contributed by atoms with Crippen molar-refractivity contribution in [3.05, 3.63) is 41.8 Å². The molecular weight excluding hydrogens is 186 g/mol. The molecule has 2 nitrogen and oxygen atoms in total. The topological polar surface area (TPSA) is 44.0 Å². The molecule has 1 aromatic rings. The summed E-state index contributed by atoms with van der Waals surface area (Å²) in [6, 6.07) is 7.98. The SMILES string of the molecule is [CH2]C(CO)c1ccc(C#N)c(C2CC2)c1. The van der Waals surface area contributed by atoms with Gasteiger partial charge in [0.05, 0.1) is 11.6 Å². The maximum absolute atomic E-state index is 9.03. The standard InChI is InChI=1S/C13H14NO/c1-9(8-15)11-4-5-12(7-14)13(6-11)10-2-3-10/h4-6,9-10,15H,1-3,8H2. The van der Waals surface area contributed by atoms with Crippen molar-refractivity contribution in [2.24, 2.45) is 0 Å². The highest BCUT2D eigenvalue weighted by atomic mass is 16.3. The fourth-order valence-corrected chi connectivity index (χ4v) is 1.77. The minimum absolute atomic E-state index is 0.0516. The van der Waals surface area contributed by atoms with Crippen LogP contribution < -0.4 is 0 Å². The van der Waals surface area contributed by atoms with Gasteiger partial charge in [-0.2, -0.15) is 5.26 Å². The molecule has 1 aliphatic rings. The number of aliphatic hydroxyl groups is 1. The number of aliphatic hydroxyl groups excluding tert-OH is 1. The summed E-state index contributed by atoms with van der Waals surface area (Å²) in [5, 5.41) is 18.0. The minimum Gasteiger partial charge on any atom is -0.396 e. The van der Waals surface area contributed by atoms with E-state index in [9.17, 15) is 0 Å². The Hall–Kier alpha value is -1.33. The van der Waals surface area contributed by atoms with Crippen LogP contribution in [0.4, 0.5) is 0 Å². The predicted molar refractivity (Wildman–Crippen MR) is 58.3 cm³/mol. The molecule has 1 atom stereocenters. The van der Waals surface area contributed by atoms with Crippen molar-refractivity contribution < 1.29 is 5.11 Å². The smallest absolute Gasteiger partial charge is 0.0994 e. The highest BCUT2D eigenvalue weighted by molar-refractivity contribution is 5.45. The Morgan fingerprint density at radius 2 is 2.27 bits per heavy atom. The predicted octanol–water partition coefficient (Wildman–Crippen LogP) is 2.35. The minimum atomic E-state index is -0.0877. The first-order valence-electron chi connectivity index (χ1n) is 5.24. The lowest BCUT2D eigenvalue weighted by atomic mass is 9.95. The molecule has 1 radical (unpaired) electrons. The van der Waals surface area contributed by atoms with Gasteiger partial charge in [0.15, 0.2) is 0 Å². The third-order valence-corrected chi connectivity index (χ3v) is 2.91. The van der Waals surface area contributed by atoms with E-state index in [4.69, 9.17) is 10.4 Å². The van der Waals surface area contributed by atoms with Crippen LogP contribution in [0.5, 0.6) is 0 Å². The number of benzene rings is 1. The summed E-state index contributed by atoms with van der Waals surface area (Å²) in [5.41, 5.74) is 2.93. The maximum Gasteiger partial charge on any atom is 0.0994 e. The van der Waals surface area contributed by atoms with E-state index in [1.54, 1.807) is 0 Å². The molecule has 0 aliphatic heterocycles. The van der Waals surface area contributed by atoms with Gasteiger partial charge in [-0.05, 0) is 42.9 Å². The molecule has 2 rings (SSSR count). The van der Waals surface area contributed by atoms with E-state index in [1.165, 1.54) is 12.8 Å². The molecule has 0 heterocycles. The van der Waals surface area contributed by atoms with Crippen molar-refractivity contribution in [1.29, 1.82) is 5.26 Å². The van der Waals surface area contributed by atoms with E-state index in [0.717, 1.165) is 16.7 Å². The summed E-state index contributed by atoms with van der Waals surface area (Å²) in [6.07, 6.45) is 2.36. The highest BCUT2D eigenvalue weighted by Gasteiger charge is 2.26. The van der Waals surface area contributed by atoms with Gasteiger partial charge in [-0.3, -0.25) is 0 Å². The van der Waals surface area contributed by atoms with Gasteiger partial charge in [-0.1, -0.05) is 12.1 Å². The third-order valence-electron chi connectivity index (χ3n) is 2.91. The molecule has 0 bridgehead atoms. The number of nitriles is 1. The van der Waals surface area contributed by atoms with Crippen molar-refractivity contribution in [2.45, 2.75) is 24.7 Å². The van der Waals surface area contributed by atoms with E-state index in [0.29, 0.717) is 5.92 Å². The molecule has 77 valence electrons. The normalized spacial score (nSPS) is 17.1. The van der Waals surface area contributed by atoms with Crippen LogP contribution in [0, 0.1) is 18.3 Å². The van der Waals surface area contributed by atoms with E-state index in [2.05, 4.69) is 13.0 Å². The van der Waals surface area contributed by atoms with Crippen LogP contribution in [0.3, 0.4) is 0 Å². The Bertz CT molecular complexity index is 401. The molecule has 0 amide bonds. The van der Waals surface area contributed by atoms with Crippen LogP contribution in [-0.2, 0) is 0 Å². The second-order valence-electron chi connectivity index (χ2n) is 4.11. The number of hydrogen-bond acceptors (Lipinski definition) is 2. The molecule has 15 heavy (non-hydrogen) atoms. The van der Waals surface area contributed by atoms with E-state index < -0.39 is 0 Å². The Kier molecular flexibility index (Phi) is 2.75. The molecule has 2 heteroatoms. The van der Waals surface area contributed by atoms with Crippen LogP contribution in [0.15, 0.2) is 18.2 Å². The molecular formula is C13H14NO. The largest absolute Gasteiger partial charge is 0.396 e. The quantitative estimate of drug-likeness (QED) is 0.813. The van der Waals surface area contributed by atoms with Crippen LogP contribution in [0.2, 0.25) is 0 Å². The van der Waals surface area contributed by atoms with Gasteiger partial charge in [0.1, 0.15) is 0 Å². The summed E-state index contributed by atoms with van der Waals surface area (Å²) < 4.78 is 0. The Labute approximate surface area is 90.2 Å². The summed E-state index contributed by atoms with van der Waals surface area (Å²) >= 11 is 0. The Morgan fingerprint density at radius 1 is 1.53 bits per heavy atom. The van der Waals surface area contributed by atoms with Crippen LogP contribution in [0.1, 0.15) is 41.4 Å². The van der Waals surface area contributed by atoms with Crippen LogP contribution in [0.25, 0.3) is 0 Å². The summed E-state index contributed by atoms with van der Waals surface area (Å²) in [5.74, 6) is 0.473. The summed E-state index contributed by atoms with van der Waals surface area (Å²) in [6.45, 7) is 3.92. The number of hydrogen-bond donors (Lipinski definition) is 1. The van der Waals surface area contributed by atoms with Crippen molar-refractivity contribution >= 4 is 0 Å². The lowest BCUT2D eigenvalue weighted by Crippen LogP contribution is -2.01. The summed E-state index contributed by atoms with van der Waals surface area (Å²) in [7, 11) is 0. The molecule has 0 aromatic heterocycles. The average molecular weight is 200 g/mol. The maximum atomic E-state index is 9.03. The Balaban J connectivity index is 2.37. The zero-order chi connectivity index (χ0) is 10.8. The van der Waals surface area contributed by atoms with Crippen LogP contribution >= 0.6 is 0 Å². The number of nitrogens with zero attached hydrogens (tertiary/aromatic N) is 1. The fourth-order valence-electron chi connectivity index (χ4n) is 1.77. The molecule has 1 N–H and O–H groups in total.